The SMILES string of the molecule is CCCN1c2cc(OC)c(/C=C3/C(=O)NC(=S)N(c4ccc(CC)cc4)C3=O)cc2C(C)=CC1(C)C. The molecule has 36 heavy (non-hydrogen) atoms. The molecule has 0 unspecified atom stereocenters. The van der Waals surface area contributed by atoms with Crippen LogP contribution in [0.4, 0.5) is 11.4 Å². The van der Waals surface area contributed by atoms with Gasteiger partial charge in [0.15, 0.2) is 5.11 Å². The van der Waals surface area contributed by atoms with Gasteiger partial charge in [-0.25, -0.2) is 0 Å². The molecule has 6 nitrogen and oxygen atoms in total. The van der Waals surface area contributed by atoms with Crippen molar-refractivity contribution in [2.24, 2.45) is 0 Å². The van der Waals surface area contributed by atoms with E-state index >= 15 is 0 Å². The highest BCUT2D eigenvalue weighted by Gasteiger charge is 2.36. The number of aryl methyl sites for hydroxylation is 1. The number of fused-ring (bicyclic) bond motifs is 1. The number of nitrogens with zero attached hydrogens (tertiary/aromatic N) is 2. The molecule has 188 valence electrons. The predicted molar refractivity (Wildman–Crippen MR) is 150 cm³/mol. The van der Waals surface area contributed by atoms with Crippen molar-refractivity contribution in [1.82, 2.24) is 5.32 Å². The van der Waals surface area contributed by atoms with Gasteiger partial charge in [-0.15, -0.1) is 0 Å². The van der Waals surface area contributed by atoms with E-state index < -0.39 is 11.8 Å². The molecule has 2 aromatic rings. The number of amides is 2. The van der Waals surface area contributed by atoms with Crippen molar-refractivity contribution in [2.75, 3.05) is 23.5 Å². The summed E-state index contributed by atoms with van der Waals surface area (Å²) in [5.41, 5.74) is 5.57. The molecule has 0 radical (unpaired) electrons. The second kappa shape index (κ2) is 9.90. The molecule has 2 aliphatic heterocycles. The van der Waals surface area contributed by atoms with Gasteiger partial charge in [0.1, 0.15) is 11.3 Å². The van der Waals surface area contributed by atoms with Crippen molar-refractivity contribution >= 4 is 52.2 Å². The van der Waals surface area contributed by atoms with Gasteiger partial charge < -0.3 is 9.64 Å². The lowest BCUT2D eigenvalue weighted by Crippen LogP contribution is -2.54. The number of thiocarbonyl (C=S) groups is 1. The maximum absolute atomic E-state index is 13.5. The van der Waals surface area contributed by atoms with Crippen LogP contribution in [0.25, 0.3) is 11.6 Å². The Labute approximate surface area is 218 Å². The number of anilines is 2. The Kier molecular flexibility index (Phi) is 7.05. The van der Waals surface area contributed by atoms with Crippen LogP contribution in [0.2, 0.25) is 0 Å². The number of carbonyl (C=O) groups is 2. The third kappa shape index (κ3) is 4.55. The van der Waals surface area contributed by atoms with Crippen LogP contribution in [0.15, 0.2) is 48.0 Å². The highest BCUT2D eigenvalue weighted by Crippen LogP contribution is 2.43. The van der Waals surface area contributed by atoms with E-state index in [0.29, 0.717) is 17.0 Å². The first-order valence-electron chi connectivity index (χ1n) is 12.3. The first-order chi connectivity index (χ1) is 17.1. The second-order valence-corrected chi connectivity index (χ2v) is 10.1. The van der Waals surface area contributed by atoms with E-state index in [0.717, 1.165) is 41.8 Å². The number of rotatable bonds is 6. The molecular weight excluding hydrogens is 470 g/mol. The number of hydrogen-bond donors (Lipinski definition) is 1. The summed E-state index contributed by atoms with van der Waals surface area (Å²) in [7, 11) is 1.60. The molecule has 0 atom stereocenters. The minimum Gasteiger partial charge on any atom is -0.496 e. The van der Waals surface area contributed by atoms with Crippen molar-refractivity contribution < 1.29 is 14.3 Å². The van der Waals surface area contributed by atoms with Gasteiger partial charge in [0, 0.05) is 29.4 Å². The minimum atomic E-state index is -0.521. The lowest BCUT2D eigenvalue weighted by Gasteiger charge is -2.43. The summed E-state index contributed by atoms with van der Waals surface area (Å²) in [5.74, 6) is -0.388. The fourth-order valence-corrected chi connectivity index (χ4v) is 5.25. The Hall–Kier alpha value is -3.45. The molecule has 0 spiro atoms. The summed E-state index contributed by atoms with van der Waals surface area (Å²) in [5, 5.41) is 2.74. The summed E-state index contributed by atoms with van der Waals surface area (Å²) >= 11 is 5.35. The van der Waals surface area contributed by atoms with E-state index in [1.807, 2.05) is 36.4 Å². The third-order valence-electron chi connectivity index (χ3n) is 6.78. The number of methoxy groups -OCH3 is 1. The van der Waals surface area contributed by atoms with Crippen LogP contribution in [0.1, 0.15) is 57.7 Å². The molecule has 2 amide bonds. The van der Waals surface area contributed by atoms with E-state index in [9.17, 15) is 9.59 Å². The molecule has 2 aliphatic rings. The van der Waals surface area contributed by atoms with Gasteiger partial charge in [0.2, 0.25) is 0 Å². The average molecular weight is 504 g/mol. The molecule has 0 aliphatic carbocycles. The Bertz CT molecular complexity index is 1290. The van der Waals surface area contributed by atoms with E-state index in [4.69, 9.17) is 17.0 Å². The molecule has 7 heteroatoms. The molecule has 4 rings (SSSR count). The first kappa shape index (κ1) is 25.6. The zero-order valence-corrected chi connectivity index (χ0v) is 22.6. The van der Waals surface area contributed by atoms with Gasteiger partial charge in [-0.3, -0.25) is 19.8 Å². The Morgan fingerprint density at radius 3 is 2.42 bits per heavy atom. The van der Waals surface area contributed by atoms with Crippen LogP contribution < -0.4 is 19.9 Å². The second-order valence-electron chi connectivity index (χ2n) is 9.72. The van der Waals surface area contributed by atoms with Gasteiger partial charge >= 0.3 is 0 Å². The number of benzene rings is 2. The zero-order chi connectivity index (χ0) is 26.2. The molecule has 2 aromatic carbocycles. The topological polar surface area (TPSA) is 61.9 Å². The number of ether oxygens (including phenoxy) is 1. The molecule has 1 N–H and O–H groups in total. The Balaban J connectivity index is 1.80. The third-order valence-corrected chi connectivity index (χ3v) is 7.07. The Morgan fingerprint density at radius 1 is 1.11 bits per heavy atom. The van der Waals surface area contributed by atoms with Crippen molar-refractivity contribution in [1.29, 1.82) is 0 Å². The molecule has 0 saturated carbocycles. The van der Waals surface area contributed by atoms with E-state index in [1.165, 1.54) is 4.90 Å². The maximum atomic E-state index is 13.5. The number of carbonyl (C=O) groups excluding carboxylic acids is 2. The normalized spacial score (nSPS) is 18.2. The van der Waals surface area contributed by atoms with Crippen LogP contribution in [-0.4, -0.2) is 36.1 Å². The monoisotopic (exact) mass is 503 g/mol. The molecule has 2 heterocycles. The van der Waals surface area contributed by atoms with Crippen molar-refractivity contribution in [3.8, 4) is 5.75 Å². The van der Waals surface area contributed by atoms with Crippen molar-refractivity contribution in [3.05, 3.63) is 64.7 Å². The van der Waals surface area contributed by atoms with Gasteiger partial charge in [0.25, 0.3) is 11.8 Å². The smallest absolute Gasteiger partial charge is 0.270 e. The molecule has 1 saturated heterocycles. The summed E-state index contributed by atoms with van der Waals surface area (Å²) in [6.07, 6.45) is 5.75. The molecule has 0 aromatic heterocycles. The largest absolute Gasteiger partial charge is 0.496 e. The summed E-state index contributed by atoms with van der Waals surface area (Å²) < 4.78 is 5.74. The summed E-state index contributed by atoms with van der Waals surface area (Å²) in [6.45, 7) is 11.6. The number of nitrogens with one attached hydrogen (secondary N) is 1. The predicted octanol–water partition coefficient (Wildman–Crippen LogP) is 5.50. The molecular formula is C29H33N3O3S. The van der Waals surface area contributed by atoms with Gasteiger partial charge in [-0.1, -0.05) is 32.1 Å². The average Bonchev–Trinajstić information content (AvgIpc) is 2.84. The van der Waals surface area contributed by atoms with Crippen molar-refractivity contribution in [2.45, 2.75) is 53.0 Å². The van der Waals surface area contributed by atoms with Crippen LogP contribution in [0.5, 0.6) is 5.75 Å². The lowest BCUT2D eigenvalue weighted by molar-refractivity contribution is -0.122. The number of hydrogen-bond acceptors (Lipinski definition) is 5. The Morgan fingerprint density at radius 2 is 1.81 bits per heavy atom. The van der Waals surface area contributed by atoms with E-state index in [-0.39, 0.29) is 16.2 Å². The van der Waals surface area contributed by atoms with Crippen LogP contribution in [0, 0.1) is 0 Å². The first-order valence-corrected chi connectivity index (χ1v) is 12.7. The fourth-order valence-electron chi connectivity index (χ4n) is 4.97. The van der Waals surface area contributed by atoms with Gasteiger partial charge in [0.05, 0.1) is 18.3 Å². The van der Waals surface area contributed by atoms with Crippen molar-refractivity contribution in [3.63, 3.8) is 0 Å². The maximum Gasteiger partial charge on any atom is 0.270 e. The summed E-state index contributed by atoms with van der Waals surface area (Å²) in [4.78, 5) is 30.2. The fraction of sp³-hybridized carbons (Fsp3) is 0.345. The van der Waals surface area contributed by atoms with E-state index in [1.54, 1.807) is 13.2 Å². The highest BCUT2D eigenvalue weighted by atomic mass is 32.1. The summed E-state index contributed by atoms with van der Waals surface area (Å²) in [6, 6.07) is 11.6. The van der Waals surface area contributed by atoms with Crippen LogP contribution in [-0.2, 0) is 16.0 Å². The van der Waals surface area contributed by atoms with E-state index in [2.05, 4.69) is 50.9 Å². The van der Waals surface area contributed by atoms with Gasteiger partial charge in [-0.05, 0) is 81.2 Å². The number of allylic oxidation sites excluding steroid dienone is 1. The lowest BCUT2D eigenvalue weighted by atomic mass is 9.87. The zero-order valence-electron chi connectivity index (χ0n) is 21.8. The minimum absolute atomic E-state index is 0.00426. The highest BCUT2D eigenvalue weighted by molar-refractivity contribution is 7.80. The van der Waals surface area contributed by atoms with Gasteiger partial charge in [-0.2, -0.15) is 0 Å². The standard InChI is InChI=1S/C29H33N3O3S/c1-7-13-31-24-16-25(35-6)20(14-22(24)18(3)17-29(31,4)5)15-23-26(33)30-28(36)32(27(23)34)21-11-9-19(8-2)10-12-21/h9-12,14-17H,7-8,13H2,1-6H3,(H,30,33,36)/b23-15-. The molecule has 1 fully saturated rings. The molecule has 0 bridgehead atoms. The van der Waals surface area contributed by atoms with Crippen LogP contribution >= 0.6 is 12.2 Å². The van der Waals surface area contributed by atoms with Crippen LogP contribution in [0.3, 0.4) is 0 Å². The quantitative estimate of drug-likeness (QED) is 0.320.